The van der Waals surface area contributed by atoms with Gasteiger partial charge in [0.2, 0.25) is 0 Å². The Morgan fingerprint density at radius 3 is 2.38 bits per heavy atom. The fraction of sp³-hybridized carbons (Fsp3) is 0.774. The molecule has 4 aliphatic carbocycles. The highest BCUT2D eigenvalue weighted by molar-refractivity contribution is 5.88. The summed E-state index contributed by atoms with van der Waals surface area (Å²) in [5, 5.41) is 22.2. The van der Waals surface area contributed by atoms with Gasteiger partial charge >= 0.3 is 11.9 Å². The minimum absolute atomic E-state index is 0.00236. The largest absolute Gasteiger partial charge is 0.478 e. The fourth-order valence-corrected chi connectivity index (χ4v) is 9.60. The maximum absolute atomic E-state index is 12.6. The smallest absolute Gasteiger partial charge is 0.331 e. The van der Waals surface area contributed by atoms with Crippen molar-refractivity contribution < 1.29 is 29.3 Å². The monoisotopic (exact) mass is 514 g/mol. The van der Waals surface area contributed by atoms with Crippen LogP contribution < -0.4 is 0 Å². The van der Waals surface area contributed by atoms with E-state index in [4.69, 9.17) is 4.74 Å². The van der Waals surface area contributed by atoms with Crippen molar-refractivity contribution in [3.8, 4) is 0 Å². The lowest BCUT2D eigenvalue weighted by Crippen LogP contribution is -2.65. The summed E-state index contributed by atoms with van der Waals surface area (Å²) in [6.45, 7) is 14.3. The molecule has 2 N–H and O–H groups in total. The Labute approximate surface area is 221 Å². The molecule has 0 radical (unpaired) electrons. The SMILES string of the molecule is CC(=O)O[C@H]1C[C@@]2(C)[C@H](C[C@@H](O)[C@H]3[C@@]4(C)CCC(=O)[C@@H](C)[C@@H]4CC[C@@]32C)C1=C(CCC=C(C)C)C(=O)O. The molecule has 4 rings (SSSR count). The van der Waals surface area contributed by atoms with Crippen molar-refractivity contribution >= 4 is 17.7 Å². The summed E-state index contributed by atoms with van der Waals surface area (Å²) < 4.78 is 5.86. The first-order valence-corrected chi connectivity index (χ1v) is 14.1. The molecule has 37 heavy (non-hydrogen) atoms. The number of Topliss-reactive ketones (excluding diaryl/α,β-unsaturated/α-hetero) is 1. The van der Waals surface area contributed by atoms with Gasteiger partial charge in [0.05, 0.1) is 6.10 Å². The normalized spacial score (nSPS) is 44.3. The number of carboxylic acids is 1. The molecule has 0 aliphatic heterocycles. The molecule has 6 nitrogen and oxygen atoms in total. The number of ether oxygens (including phenoxy) is 1. The lowest BCUT2D eigenvalue weighted by Gasteiger charge is -2.68. The molecule has 0 aromatic heterocycles. The van der Waals surface area contributed by atoms with E-state index < -0.39 is 24.1 Å². The molecule has 9 atom stereocenters. The molecule has 4 aliphatic rings. The molecule has 0 aromatic carbocycles. The number of allylic oxidation sites excluding steroid dienone is 2. The summed E-state index contributed by atoms with van der Waals surface area (Å²) in [7, 11) is 0. The Bertz CT molecular complexity index is 1040. The van der Waals surface area contributed by atoms with Gasteiger partial charge in [0, 0.05) is 24.8 Å². The van der Waals surface area contributed by atoms with Gasteiger partial charge in [-0.1, -0.05) is 39.3 Å². The summed E-state index contributed by atoms with van der Waals surface area (Å²) in [6.07, 6.45) is 6.01. The molecule has 6 heteroatoms. The summed E-state index contributed by atoms with van der Waals surface area (Å²) in [5.74, 6) is -0.945. The van der Waals surface area contributed by atoms with Crippen LogP contribution in [-0.2, 0) is 19.1 Å². The Hall–Kier alpha value is -1.95. The van der Waals surface area contributed by atoms with Crippen molar-refractivity contribution in [3.63, 3.8) is 0 Å². The van der Waals surface area contributed by atoms with Crippen molar-refractivity contribution in [3.05, 3.63) is 22.8 Å². The summed E-state index contributed by atoms with van der Waals surface area (Å²) >= 11 is 0. The van der Waals surface area contributed by atoms with E-state index >= 15 is 0 Å². The number of aliphatic hydroxyl groups excluding tert-OH is 1. The third-order valence-corrected chi connectivity index (χ3v) is 11.4. The highest BCUT2D eigenvalue weighted by atomic mass is 16.5. The van der Waals surface area contributed by atoms with Crippen LogP contribution in [0.2, 0.25) is 0 Å². The molecule has 0 heterocycles. The van der Waals surface area contributed by atoms with Gasteiger partial charge in [-0.25, -0.2) is 4.79 Å². The first-order valence-electron chi connectivity index (χ1n) is 14.1. The number of ketones is 1. The minimum atomic E-state index is -0.962. The lowest BCUT2D eigenvalue weighted by atomic mass is 9.36. The Morgan fingerprint density at radius 2 is 1.78 bits per heavy atom. The zero-order valence-electron chi connectivity index (χ0n) is 23.7. The molecule has 0 spiro atoms. The van der Waals surface area contributed by atoms with Gasteiger partial charge in [0.25, 0.3) is 0 Å². The second kappa shape index (κ2) is 9.66. The second-order valence-corrected chi connectivity index (χ2v) is 13.4. The molecule has 0 unspecified atom stereocenters. The fourth-order valence-electron chi connectivity index (χ4n) is 9.60. The van der Waals surface area contributed by atoms with Crippen LogP contribution in [0.5, 0.6) is 0 Å². The molecule has 0 aromatic rings. The zero-order chi connectivity index (χ0) is 27.5. The quantitative estimate of drug-likeness (QED) is 0.270. The number of esters is 1. The van der Waals surface area contributed by atoms with E-state index in [1.807, 2.05) is 19.9 Å². The number of carbonyl (C=O) groups excluding carboxylic acids is 2. The molecule has 0 saturated heterocycles. The topological polar surface area (TPSA) is 101 Å². The van der Waals surface area contributed by atoms with Gasteiger partial charge in [-0.3, -0.25) is 9.59 Å². The number of carbonyl (C=O) groups is 3. The molecule has 206 valence electrons. The Kier molecular flexibility index (Phi) is 7.33. The number of fused-ring (bicyclic) bond motifs is 5. The molecule has 0 bridgehead atoms. The minimum Gasteiger partial charge on any atom is -0.478 e. The van der Waals surface area contributed by atoms with Crippen molar-refractivity contribution in [2.24, 2.45) is 39.9 Å². The van der Waals surface area contributed by atoms with Gasteiger partial charge in [0.1, 0.15) is 11.9 Å². The van der Waals surface area contributed by atoms with Crippen molar-refractivity contribution in [1.29, 1.82) is 0 Å². The van der Waals surface area contributed by atoms with Crippen LogP contribution in [0.4, 0.5) is 0 Å². The van der Waals surface area contributed by atoms with Crippen LogP contribution in [0, 0.1) is 39.9 Å². The summed E-state index contributed by atoms with van der Waals surface area (Å²) in [4.78, 5) is 37.4. The molecular formula is C31H46O6. The predicted molar refractivity (Wildman–Crippen MR) is 142 cm³/mol. The van der Waals surface area contributed by atoms with Gasteiger partial charge in [0.15, 0.2) is 0 Å². The van der Waals surface area contributed by atoms with Gasteiger partial charge < -0.3 is 14.9 Å². The van der Waals surface area contributed by atoms with E-state index in [0.717, 1.165) is 24.8 Å². The highest BCUT2D eigenvalue weighted by Crippen LogP contribution is 2.74. The third-order valence-electron chi connectivity index (χ3n) is 11.4. The van der Waals surface area contributed by atoms with E-state index in [2.05, 4.69) is 27.7 Å². The molecular weight excluding hydrogens is 468 g/mol. The number of carboxylic acid groups (broad SMARTS) is 1. The number of hydrogen-bond donors (Lipinski definition) is 2. The van der Waals surface area contributed by atoms with E-state index in [1.54, 1.807) is 0 Å². The Morgan fingerprint density at radius 1 is 1.11 bits per heavy atom. The average molecular weight is 515 g/mol. The van der Waals surface area contributed by atoms with Crippen LogP contribution in [0.1, 0.15) is 99.8 Å². The van der Waals surface area contributed by atoms with Crippen LogP contribution in [0.25, 0.3) is 0 Å². The van der Waals surface area contributed by atoms with E-state index in [1.165, 1.54) is 6.92 Å². The van der Waals surface area contributed by atoms with Crippen LogP contribution >= 0.6 is 0 Å². The van der Waals surface area contributed by atoms with Gasteiger partial charge in [-0.15, -0.1) is 0 Å². The summed E-state index contributed by atoms with van der Waals surface area (Å²) in [6, 6.07) is 0. The number of aliphatic hydroxyl groups is 1. The molecule has 0 amide bonds. The standard InChI is InChI=1S/C31H46O6/c1-17(2)9-8-10-20(28(35)36)26-22-15-24(34)27-29(5)13-12-23(33)18(3)21(29)11-14-30(27,6)31(22,7)16-25(26)37-19(4)32/h9,18,21-22,24-25,27,34H,8,10-16H2,1-7H3,(H,35,36)/t18-,21-,22+,24+,25-,27-,29-,30-,31-/m0/s1. The van der Waals surface area contributed by atoms with E-state index in [-0.39, 0.29) is 39.9 Å². The second-order valence-electron chi connectivity index (χ2n) is 13.4. The zero-order valence-corrected chi connectivity index (χ0v) is 23.7. The van der Waals surface area contributed by atoms with Crippen molar-refractivity contribution in [1.82, 2.24) is 0 Å². The third kappa shape index (κ3) is 4.31. The average Bonchev–Trinajstić information content (AvgIpc) is 3.05. The number of hydrogen-bond acceptors (Lipinski definition) is 5. The predicted octanol–water partition coefficient (Wildman–Crippen LogP) is 5.87. The maximum atomic E-state index is 12.6. The number of rotatable bonds is 5. The van der Waals surface area contributed by atoms with E-state index in [9.17, 15) is 24.6 Å². The Balaban J connectivity index is 1.83. The van der Waals surface area contributed by atoms with Crippen LogP contribution in [0.3, 0.4) is 0 Å². The van der Waals surface area contributed by atoms with Crippen molar-refractivity contribution in [2.75, 3.05) is 0 Å². The first-order chi connectivity index (χ1) is 17.2. The van der Waals surface area contributed by atoms with Gasteiger partial charge in [-0.05, 0) is 98.4 Å². The maximum Gasteiger partial charge on any atom is 0.331 e. The van der Waals surface area contributed by atoms with Crippen LogP contribution in [0.15, 0.2) is 22.8 Å². The number of aliphatic carboxylic acids is 1. The molecule has 4 fully saturated rings. The lowest BCUT2D eigenvalue weighted by molar-refractivity contribution is -0.223. The van der Waals surface area contributed by atoms with Crippen molar-refractivity contribution in [2.45, 2.75) is 112 Å². The van der Waals surface area contributed by atoms with Gasteiger partial charge in [-0.2, -0.15) is 0 Å². The molecule has 4 saturated carbocycles. The summed E-state index contributed by atoms with van der Waals surface area (Å²) in [5.41, 5.74) is 1.42. The highest BCUT2D eigenvalue weighted by Gasteiger charge is 2.70. The van der Waals surface area contributed by atoms with Crippen LogP contribution in [-0.4, -0.2) is 40.1 Å². The van der Waals surface area contributed by atoms with E-state index in [0.29, 0.717) is 49.0 Å². The first kappa shape index (κ1) is 28.1.